The predicted molar refractivity (Wildman–Crippen MR) is 124 cm³/mol. The number of aromatic nitrogens is 2. The lowest BCUT2D eigenvalue weighted by Crippen LogP contribution is -2.37. The molecule has 4 rings (SSSR count). The molecule has 2 atom stereocenters. The van der Waals surface area contributed by atoms with Crippen molar-refractivity contribution in [1.29, 1.82) is 0 Å². The van der Waals surface area contributed by atoms with Crippen molar-refractivity contribution in [1.82, 2.24) is 19.8 Å². The van der Waals surface area contributed by atoms with Gasteiger partial charge in [0.2, 0.25) is 5.91 Å². The molecule has 1 fully saturated rings. The van der Waals surface area contributed by atoms with E-state index in [-0.39, 0.29) is 24.5 Å². The van der Waals surface area contributed by atoms with Crippen LogP contribution >= 0.6 is 12.2 Å². The number of thiocarbonyl (C=S) groups is 1. The molecule has 1 aliphatic heterocycles. The van der Waals surface area contributed by atoms with Crippen LogP contribution in [0.1, 0.15) is 23.5 Å². The number of rotatable bonds is 8. The number of nitrogens with one attached hydrogen (secondary N) is 2. The first-order valence-corrected chi connectivity index (χ1v) is 10.5. The highest BCUT2D eigenvalue weighted by molar-refractivity contribution is 7.80. The molecule has 0 aliphatic carbocycles. The smallest absolute Gasteiger partial charge is 0.244 e. The van der Waals surface area contributed by atoms with Crippen molar-refractivity contribution >= 4 is 28.9 Å². The van der Waals surface area contributed by atoms with Crippen molar-refractivity contribution in [2.45, 2.75) is 18.6 Å². The summed E-state index contributed by atoms with van der Waals surface area (Å²) in [5, 5.41) is 6.86. The molecule has 0 unspecified atom stereocenters. The molecule has 0 saturated carbocycles. The summed E-state index contributed by atoms with van der Waals surface area (Å²) in [5.74, 6) is -0.128. The van der Waals surface area contributed by atoms with Crippen molar-refractivity contribution in [3.8, 4) is 0 Å². The molecule has 1 aromatic carbocycles. The molecular formula is C23H25N5O2S. The number of hydrogen-bond donors (Lipinski definition) is 2. The Bertz CT molecular complexity index is 1020. The number of hydrogen-bond acceptors (Lipinski definition) is 4. The molecule has 31 heavy (non-hydrogen) atoms. The minimum Gasteiger partial charge on any atom is -0.383 e. The van der Waals surface area contributed by atoms with Gasteiger partial charge in [-0.15, -0.1) is 0 Å². The van der Waals surface area contributed by atoms with Crippen LogP contribution in [0.3, 0.4) is 0 Å². The lowest BCUT2D eigenvalue weighted by Gasteiger charge is -2.28. The maximum Gasteiger partial charge on any atom is 0.244 e. The number of pyridine rings is 1. The molecule has 1 saturated heterocycles. The monoisotopic (exact) mass is 435 g/mol. The average molecular weight is 436 g/mol. The Morgan fingerprint density at radius 3 is 2.71 bits per heavy atom. The van der Waals surface area contributed by atoms with Gasteiger partial charge in [0.15, 0.2) is 5.11 Å². The largest absolute Gasteiger partial charge is 0.383 e. The van der Waals surface area contributed by atoms with Crippen LogP contribution in [-0.4, -0.2) is 45.7 Å². The molecular weight excluding hydrogens is 410 g/mol. The summed E-state index contributed by atoms with van der Waals surface area (Å²) in [6.07, 6.45) is 3.79. The highest BCUT2D eigenvalue weighted by Gasteiger charge is 2.41. The Balaban J connectivity index is 1.63. The molecule has 1 amide bonds. The van der Waals surface area contributed by atoms with E-state index in [0.29, 0.717) is 18.3 Å². The van der Waals surface area contributed by atoms with E-state index in [9.17, 15) is 4.79 Å². The summed E-state index contributed by atoms with van der Waals surface area (Å²) in [6, 6.07) is 18.9. The Morgan fingerprint density at radius 2 is 1.97 bits per heavy atom. The molecule has 160 valence electrons. The van der Waals surface area contributed by atoms with E-state index in [0.717, 1.165) is 17.1 Å². The highest BCUT2D eigenvalue weighted by Crippen LogP contribution is 2.38. The van der Waals surface area contributed by atoms with Crippen LogP contribution in [-0.2, 0) is 16.1 Å². The van der Waals surface area contributed by atoms with Gasteiger partial charge < -0.3 is 24.8 Å². The van der Waals surface area contributed by atoms with E-state index in [4.69, 9.17) is 17.0 Å². The van der Waals surface area contributed by atoms with Crippen molar-refractivity contribution < 1.29 is 9.53 Å². The van der Waals surface area contributed by atoms with Gasteiger partial charge in [-0.05, 0) is 48.6 Å². The van der Waals surface area contributed by atoms with Crippen LogP contribution in [0.15, 0.2) is 73.1 Å². The predicted octanol–water partition coefficient (Wildman–Crippen LogP) is 3.14. The van der Waals surface area contributed by atoms with Gasteiger partial charge in [0.05, 0.1) is 24.4 Å². The maximum absolute atomic E-state index is 12.8. The zero-order valence-corrected chi connectivity index (χ0v) is 18.1. The maximum atomic E-state index is 12.8. The van der Waals surface area contributed by atoms with E-state index in [1.54, 1.807) is 13.3 Å². The van der Waals surface area contributed by atoms with Crippen LogP contribution in [0.25, 0.3) is 0 Å². The van der Waals surface area contributed by atoms with E-state index in [1.807, 2.05) is 65.7 Å². The summed E-state index contributed by atoms with van der Waals surface area (Å²) in [6.45, 7) is 1.43. The number of amides is 1. The normalized spacial score (nSPS) is 18.1. The third kappa shape index (κ3) is 4.76. The number of benzene rings is 1. The van der Waals surface area contributed by atoms with Gasteiger partial charge in [-0.3, -0.25) is 9.78 Å². The molecule has 1 aliphatic rings. The fourth-order valence-corrected chi connectivity index (χ4v) is 4.17. The number of ether oxygens (including phenoxy) is 1. The van der Waals surface area contributed by atoms with Crippen molar-refractivity contribution in [3.05, 3.63) is 84.4 Å². The molecule has 0 bridgehead atoms. The molecule has 3 heterocycles. The second-order valence-electron chi connectivity index (χ2n) is 7.29. The van der Waals surface area contributed by atoms with Crippen molar-refractivity contribution in [2.24, 2.45) is 0 Å². The van der Waals surface area contributed by atoms with Crippen molar-refractivity contribution in [2.75, 3.05) is 25.6 Å². The Hall–Kier alpha value is -3.23. The second-order valence-corrected chi connectivity index (χ2v) is 7.67. The lowest BCUT2D eigenvalue weighted by molar-refractivity contribution is -0.116. The molecule has 0 spiro atoms. The van der Waals surface area contributed by atoms with Gasteiger partial charge >= 0.3 is 0 Å². The fraction of sp³-hybridized carbons (Fsp3) is 0.261. The fourth-order valence-electron chi connectivity index (χ4n) is 3.86. The summed E-state index contributed by atoms with van der Waals surface area (Å²) in [7, 11) is 1.69. The van der Waals surface area contributed by atoms with Crippen molar-refractivity contribution in [3.63, 3.8) is 0 Å². The SMILES string of the molecule is COCCn1cccc1[C@H]1[C@H](c2ccccn2)NC(=S)N1CC(=O)Nc1ccccc1. The van der Waals surface area contributed by atoms with Crippen LogP contribution in [0, 0.1) is 0 Å². The molecule has 7 nitrogen and oxygen atoms in total. The number of carbonyl (C=O) groups excluding carboxylic acids is 1. The van der Waals surface area contributed by atoms with Gasteiger partial charge in [0.25, 0.3) is 0 Å². The Kier molecular flexibility index (Phi) is 6.59. The second kappa shape index (κ2) is 9.72. The molecule has 2 N–H and O–H groups in total. The van der Waals surface area contributed by atoms with Gasteiger partial charge in [0.1, 0.15) is 6.54 Å². The number of para-hydroxylation sites is 1. The zero-order chi connectivity index (χ0) is 21.6. The van der Waals surface area contributed by atoms with E-state index >= 15 is 0 Å². The molecule has 3 aromatic rings. The summed E-state index contributed by atoms with van der Waals surface area (Å²) in [5.41, 5.74) is 2.68. The minimum absolute atomic E-state index is 0.128. The third-order valence-electron chi connectivity index (χ3n) is 5.27. The summed E-state index contributed by atoms with van der Waals surface area (Å²) in [4.78, 5) is 19.3. The van der Waals surface area contributed by atoms with Gasteiger partial charge in [-0.25, -0.2) is 0 Å². The number of carbonyl (C=O) groups is 1. The summed E-state index contributed by atoms with van der Waals surface area (Å²) >= 11 is 5.66. The van der Waals surface area contributed by atoms with E-state index in [2.05, 4.69) is 26.3 Å². The highest BCUT2D eigenvalue weighted by atomic mass is 32.1. The van der Waals surface area contributed by atoms with Crippen LogP contribution in [0.2, 0.25) is 0 Å². The molecule has 0 radical (unpaired) electrons. The van der Waals surface area contributed by atoms with E-state index in [1.165, 1.54) is 0 Å². The first-order valence-electron chi connectivity index (χ1n) is 10.1. The first-order chi connectivity index (χ1) is 15.2. The quantitative estimate of drug-likeness (QED) is 0.530. The zero-order valence-electron chi connectivity index (χ0n) is 17.3. The number of methoxy groups -OCH3 is 1. The number of nitrogens with zero attached hydrogens (tertiary/aromatic N) is 3. The van der Waals surface area contributed by atoms with Crippen LogP contribution < -0.4 is 10.6 Å². The Labute approximate surface area is 187 Å². The lowest BCUT2D eigenvalue weighted by atomic mass is 10.0. The summed E-state index contributed by atoms with van der Waals surface area (Å²) < 4.78 is 7.41. The first kappa shape index (κ1) is 21.0. The molecule has 2 aromatic heterocycles. The van der Waals surface area contributed by atoms with Gasteiger partial charge in [0, 0.05) is 37.4 Å². The third-order valence-corrected chi connectivity index (χ3v) is 5.63. The number of anilines is 1. The van der Waals surface area contributed by atoms with Crippen LogP contribution in [0.4, 0.5) is 5.69 Å². The van der Waals surface area contributed by atoms with Crippen LogP contribution in [0.5, 0.6) is 0 Å². The van der Waals surface area contributed by atoms with Gasteiger partial charge in [-0.1, -0.05) is 24.3 Å². The topological polar surface area (TPSA) is 71.4 Å². The standard InChI is InChI=1S/C23H25N5O2S/c1-30-15-14-27-13-7-11-19(27)22-21(18-10-5-6-12-24-18)26-23(31)28(22)16-20(29)25-17-8-3-2-4-9-17/h2-13,21-22H,14-16H2,1H3,(H,25,29)(H,26,31)/t21-,22-/m0/s1. The van der Waals surface area contributed by atoms with E-state index < -0.39 is 0 Å². The average Bonchev–Trinajstić information content (AvgIpc) is 3.37. The minimum atomic E-state index is -0.184. The Morgan fingerprint density at radius 1 is 1.16 bits per heavy atom. The van der Waals surface area contributed by atoms with Gasteiger partial charge in [-0.2, -0.15) is 0 Å². The molecule has 8 heteroatoms.